The van der Waals surface area contributed by atoms with Gasteiger partial charge in [-0.1, -0.05) is 24.3 Å². The molecule has 1 N–H and O–H groups in total. The van der Waals surface area contributed by atoms with E-state index in [9.17, 15) is 13.2 Å². The molecule has 0 spiro atoms. The molecule has 0 radical (unpaired) electrons. The minimum absolute atomic E-state index is 0.415. The van der Waals surface area contributed by atoms with Crippen LogP contribution in [-0.4, -0.2) is 18.8 Å². The lowest BCUT2D eigenvalue weighted by Gasteiger charge is -2.11. The Labute approximate surface area is 165 Å². The second-order valence-electron chi connectivity index (χ2n) is 6.34. The summed E-state index contributed by atoms with van der Waals surface area (Å²) in [6.45, 7) is 0. The van der Waals surface area contributed by atoms with Gasteiger partial charge in [-0.15, -0.1) is 0 Å². The van der Waals surface area contributed by atoms with Gasteiger partial charge in [0.15, 0.2) is 5.84 Å². The van der Waals surface area contributed by atoms with E-state index in [-0.39, 0.29) is 0 Å². The number of halogens is 3. The summed E-state index contributed by atoms with van der Waals surface area (Å²) in [6, 6.07) is 19.5. The Balaban J connectivity index is 1.79. The molecule has 0 atom stereocenters. The average Bonchev–Trinajstić information content (AvgIpc) is 2.93. The van der Waals surface area contributed by atoms with Crippen LogP contribution in [0.15, 0.2) is 82.8 Å². The van der Waals surface area contributed by atoms with Crippen LogP contribution in [0.5, 0.6) is 5.75 Å². The number of nitrogens with one attached hydrogen (secondary N) is 1. The lowest BCUT2D eigenvalue weighted by molar-refractivity contribution is -0.137. The number of para-hydroxylation sites is 2. The summed E-state index contributed by atoms with van der Waals surface area (Å²) >= 11 is 0. The highest BCUT2D eigenvalue weighted by Gasteiger charge is 2.30. The van der Waals surface area contributed by atoms with E-state index in [4.69, 9.17) is 4.74 Å². The predicted octanol–water partition coefficient (Wildman–Crippen LogP) is 5.66. The van der Waals surface area contributed by atoms with E-state index in [1.54, 1.807) is 19.2 Å². The number of rotatable bonds is 3. The number of methoxy groups -OCH3 is 1. The van der Waals surface area contributed by atoms with Gasteiger partial charge < -0.3 is 10.1 Å². The molecule has 4 nitrogen and oxygen atoms in total. The molecule has 0 amide bonds. The largest absolute Gasteiger partial charge is 0.497 e. The number of amidine groups is 2. The number of fused-ring (bicyclic) bond motifs is 1. The normalized spacial score (nSPS) is 13.5. The summed E-state index contributed by atoms with van der Waals surface area (Å²) in [7, 11) is 1.58. The Kier molecular flexibility index (Phi) is 4.80. The highest BCUT2D eigenvalue weighted by atomic mass is 19.4. The standard InChI is InChI=1S/C22H16F3N3O/c1-29-17-12-8-15(9-13-17)21-27-19-5-3-2-4-18(19)26-20(28-21)14-6-10-16(11-7-14)22(23,24)25/h2-13H,1H3,(H,26,27,28). The van der Waals surface area contributed by atoms with E-state index in [1.165, 1.54) is 12.1 Å². The SMILES string of the molecule is COc1ccc(C2=Nc3ccccc3NC(c3ccc(C(F)(F)F)cc3)=N2)cc1. The third-order valence-corrected chi connectivity index (χ3v) is 4.44. The molecule has 0 bridgehead atoms. The molecule has 1 aliphatic heterocycles. The Morgan fingerprint density at radius 1 is 0.793 bits per heavy atom. The molecule has 3 aromatic rings. The molecule has 0 aliphatic carbocycles. The zero-order chi connectivity index (χ0) is 20.4. The molecule has 0 unspecified atom stereocenters. The van der Waals surface area contributed by atoms with Crippen LogP contribution in [0.2, 0.25) is 0 Å². The van der Waals surface area contributed by atoms with Gasteiger partial charge in [-0.25, -0.2) is 9.98 Å². The summed E-state index contributed by atoms with van der Waals surface area (Å²) < 4.78 is 43.9. The number of ether oxygens (including phenoxy) is 1. The smallest absolute Gasteiger partial charge is 0.416 e. The molecular weight excluding hydrogens is 379 g/mol. The van der Waals surface area contributed by atoms with Crippen LogP contribution < -0.4 is 10.1 Å². The Bertz CT molecular complexity index is 1090. The fourth-order valence-electron chi connectivity index (χ4n) is 2.90. The van der Waals surface area contributed by atoms with Gasteiger partial charge in [0.05, 0.1) is 24.0 Å². The topological polar surface area (TPSA) is 46.0 Å². The number of aliphatic imine (C=N–C) groups is 2. The summed E-state index contributed by atoms with van der Waals surface area (Å²) in [4.78, 5) is 9.25. The quantitative estimate of drug-likeness (QED) is 0.622. The molecule has 7 heteroatoms. The van der Waals surface area contributed by atoms with E-state index in [1.807, 2.05) is 36.4 Å². The van der Waals surface area contributed by atoms with Gasteiger partial charge in [0.2, 0.25) is 0 Å². The third-order valence-electron chi connectivity index (χ3n) is 4.44. The molecule has 1 aliphatic rings. The van der Waals surface area contributed by atoms with Crippen LogP contribution in [-0.2, 0) is 6.18 Å². The minimum Gasteiger partial charge on any atom is -0.497 e. The molecule has 0 saturated heterocycles. The van der Waals surface area contributed by atoms with E-state index < -0.39 is 11.7 Å². The van der Waals surface area contributed by atoms with E-state index in [0.717, 1.165) is 23.4 Å². The third kappa shape index (κ3) is 3.99. The van der Waals surface area contributed by atoms with Crippen LogP contribution in [0, 0.1) is 0 Å². The lowest BCUT2D eigenvalue weighted by atomic mass is 10.1. The van der Waals surface area contributed by atoms with Crippen molar-refractivity contribution in [3.8, 4) is 5.75 Å². The van der Waals surface area contributed by atoms with Crippen molar-refractivity contribution in [2.24, 2.45) is 9.98 Å². The summed E-state index contributed by atoms with van der Waals surface area (Å²) in [5, 5.41) is 3.19. The monoisotopic (exact) mass is 395 g/mol. The van der Waals surface area contributed by atoms with Gasteiger partial charge in [-0.3, -0.25) is 0 Å². The predicted molar refractivity (Wildman–Crippen MR) is 107 cm³/mol. The van der Waals surface area contributed by atoms with E-state index in [2.05, 4.69) is 15.3 Å². The highest BCUT2D eigenvalue weighted by molar-refractivity contribution is 6.19. The molecule has 0 saturated carbocycles. The molecule has 3 aromatic carbocycles. The Morgan fingerprint density at radius 2 is 1.45 bits per heavy atom. The first kappa shape index (κ1) is 18.7. The summed E-state index contributed by atoms with van der Waals surface area (Å²) in [5.41, 5.74) is 1.98. The fourth-order valence-corrected chi connectivity index (χ4v) is 2.90. The zero-order valence-corrected chi connectivity index (χ0v) is 15.4. The summed E-state index contributed by atoms with van der Waals surface area (Å²) in [6.07, 6.45) is -4.39. The average molecular weight is 395 g/mol. The molecule has 4 rings (SSSR count). The van der Waals surface area contributed by atoms with E-state index >= 15 is 0 Å². The summed E-state index contributed by atoms with van der Waals surface area (Å²) in [5.74, 6) is 1.56. The second kappa shape index (κ2) is 7.43. The van der Waals surface area contributed by atoms with Crippen LogP contribution in [0.3, 0.4) is 0 Å². The van der Waals surface area contributed by atoms with Gasteiger partial charge in [0, 0.05) is 11.1 Å². The Morgan fingerprint density at radius 3 is 2.10 bits per heavy atom. The molecule has 0 fully saturated rings. The number of hydrogen-bond donors (Lipinski definition) is 1. The number of hydrogen-bond acceptors (Lipinski definition) is 4. The molecular formula is C22H16F3N3O. The first-order valence-corrected chi connectivity index (χ1v) is 8.79. The van der Waals surface area contributed by atoms with Crippen molar-refractivity contribution in [3.05, 3.63) is 89.5 Å². The van der Waals surface area contributed by atoms with Gasteiger partial charge >= 0.3 is 6.18 Å². The van der Waals surface area contributed by atoms with Gasteiger partial charge in [-0.2, -0.15) is 13.2 Å². The second-order valence-corrected chi connectivity index (χ2v) is 6.34. The van der Waals surface area contributed by atoms with Crippen molar-refractivity contribution < 1.29 is 17.9 Å². The lowest BCUT2D eigenvalue weighted by Crippen LogP contribution is -2.15. The number of alkyl halides is 3. The Hall–Kier alpha value is -3.61. The maximum Gasteiger partial charge on any atom is 0.416 e. The van der Waals surface area contributed by atoms with Crippen molar-refractivity contribution in [3.63, 3.8) is 0 Å². The fraction of sp³-hybridized carbons (Fsp3) is 0.0909. The van der Waals surface area contributed by atoms with Crippen LogP contribution >= 0.6 is 0 Å². The van der Waals surface area contributed by atoms with Crippen molar-refractivity contribution in [2.45, 2.75) is 6.18 Å². The number of anilines is 1. The first-order valence-electron chi connectivity index (χ1n) is 8.79. The minimum atomic E-state index is -4.39. The van der Waals surface area contributed by atoms with Gasteiger partial charge in [0.1, 0.15) is 11.6 Å². The van der Waals surface area contributed by atoms with Crippen molar-refractivity contribution >= 4 is 23.0 Å². The number of nitrogens with zero attached hydrogens (tertiary/aromatic N) is 2. The van der Waals surface area contributed by atoms with Crippen molar-refractivity contribution in [1.82, 2.24) is 0 Å². The highest BCUT2D eigenvalue weighted by Crippen LogP contribution is 2.31. The molecule has 146 valence electrons. The number of benzene rings is 3. The van der Waals surface area contributed by atoms with Gasteiger partial charge in [0.25, 0.3) is 0 Å². The maximum absolute atomic E-state index is 12.9. The van der Waals surface area contributed by atoms with Crippen LogP contribution in [0.4, 0.5) is 24.5 Å². The van der Waals surface area contributed by atoms with Crippen LogP contribution in [0.25, 0.3) is 0 Å². The maximum atomic E-state index is 12.9. The van der Waals surface area contributed by atoms with Crippen LogP contribution in [0.1, 0.15) is 16.7 Å². The zero-order valence-electron chi connectivity index (χ0n) is 15.4. The van der Waals surface area contributed by atoms with E-state index in [0.29, 0.717) is 28.7 Å². The van der Waals surface area contributed by atoms with Crippen molar-refractivity contribution in [2.75, 3.05) is 12.4 Å². The molecule has 0 aromatic heterocycles. The van der Waals surface area contributed by atoms with Crippen molar-refractivity contribution in [1.29, 1.82) is 0 Å². The molecule has 29 heavy (non-hydrogen) atoms. The van der Waals surface area contributed by atoms with Gasteiger partial charge in [-0.05, 0) is 48.5 Å². The molecule has 1 heterocycles. The first-order chi connectivity index (χ1) is 13.9.